The average Bonchev–Trinajstić information content (AvgIpc) is 3.21. The van der Waals surface area contributed by atoms with Gasteiger partial charge in [0.2, 0.25) is 5.91 Å². The first-order valence-corrected chi connectivity index (χ1v) is 8.52. The summed E-state index contributed by atoms with van der Waals surface area (Å²) in [5, 5.41) is 6.08. The number of fused-ring (bicyclic) bond motifs is 1. The molecular formula is C17H17N3O3S. The summed E-state index contributed by atoms with van der Waals surface area (Å²) in [5.74, 6) is -0.0997. The fraction of sp³-hybridized carbons (Fsp3) is 0.235. The molecule has 2 heterocycles. The summed E-state index contributed by atoms with van der Waals surface area (Å²) in [4.78, 5) is 28.1. The van der Waals surface area contributed by atoms with Crippen LogP contribution in [0.2, 0.25) is 0 Å². The van der Waals surface area contributed by atoms with Crippen LogP contribution in [-0.2, 0) is 4.79 Å². The molecule has 2 N–H and O–H groups in total. The second-order valence-electron chi connectivity index (χ2n) is 5.28. The molecule has 7 heteroatoms. The zero-order chi connectivity index (χ0) is 16.9. The fourth-order valence-electron chi connectivity index (χ4n) is 2.18. The van der Waals surface area contributed by atoms with Crippen molar-refractivity contribution >= 4 is 44.2 Å². The standard InChI is InChI=1S/C17H17N3O3S/c1-2-3-6-15(21)18-11-7-8-12-14(10-11)24-17(19-12)20-16(22)13-5-4-9-23-13/h4-5,7-10H,2-3,6H2,1H3,(H,18,21)(H,19,20,22). The lowest BCUT2D eigenvalue weighted by atomic mass is 10.2. The van der Waals surface area contributed by atoms with Crippen molar-refractivity contribution in [3.8, 4) is 0 Å². The van der Waals surface area contributed by atoms with Gasteiger partial charge in [-0.1, -0.05) is 24.7 Å². The first-order valence-electron chi connectivity index (χ1n) is 7.71. The number of hydrogen-bond donors (Lipinski definition) is 2. The summed E-state index contributed by atoms with van der Waals surface area (Å²) in [6.45, 7) is 2.05. The monoisotopic (exact) mass is 343 g/mol. The minimum Gasteiger partial charge on any atom is -0.459 e. The SMILES string of the molecule is CCCCC(=O)Nc1ccc2nc(NC(=O)c3ccco3)sc2c1. The Hall–Kier alpha value is -2.67. The molecule has 0 aliphatic carbocycles. The molecule has 2 aromatic heterocycles. The number of nitrogens with one attached hydrogen (secondary N) is 2. The summed E-state index contributed by atoms with van der Waals surface area (Å²) in [6, 6.07) is 8.74. The van der Waals surface area contributed by atoms with Gasteiger partial charge in [-0.2, -0.15) is 0 Å². The Bertz CT molecular complexity index is 855. The van der Waals surface area contributed by atoms with E-state index in [9.17, 15) is 9.59 Å². The topological polar surface area (TPSA) is 84.2 Å². The summed E-state index contributed by atoms with van der Waals surface area (Å²) in [7, 11) is 0. The molecule has 0 saturated carbocycles. The Labute approximate surface area is 142 Å². The maximum atomic E-state index is 12.0. The van der Waals surface area contributed by atoms with Gasteiger partial charge in [0.25, 0.3) is 5.91 Å². The van der Waals surface area contributed by atoms with Crippen LogP contribution in [0.4, 0.5) is 10.8 Å². The predicted octanol–water partition coefficient (Wildman–Crippen LogP) is 4.27. The van der Waals surface area contributed by atoms with E-state index in [2.05, 4.69) is 22.5 Å². The second kappa shape index (κ2) is 7.27. The summed E-state index contributed by atoms with van der Waals surface area (Å²) < 4.78 is 5.94. The van der Waals surface area contributed by atoms with Crippen molar-refractivity contribution in [2.24, 2.45) is 0 Å². The van der Waals surface area contributed by atoms with Crippen LogP contribution in [0.25, 0.3) is 10.2 Å². The van der Waals surface area contributed by atoms with Crippen LogP contribution in [0.5, 0.6) is 0 Å². The number of hydrogen-bond acceptors (Lipinski definition) is 5. The molecule has 124 valence electrons. The molecule has 2 amide bonds. The molecule has 0 aliphatic rings. The highest BCUT2D eigenvalue weighted by atomic mass is 32.1. The Balaban J connectivity index is 1.72. The van der Waals surface area contributed by atoms with Crippen molar-refractivity contribution in [2.45, 2.75) is 26.2 Å². The van der Waals surface area contributed by atoms with Gasteiger partial charge in [-0.15, -0.1) is 0 Å². The van der Waals surface area contributed by atoms with Gasteiger partial charge in [0.05, 0.1) is 16.5 Å². The number of carbonyl (C=O) groups excluding carboxylic acids is 2. The Morgan fingerprint density at radius 2 is 2.12 bits per heavy atom. The van der Waals surface area contributed by atoms with Crippen molar-refractivity contribution in [1.29, 1.82) is 0 Å². The lowest BCUT2D eigenvalue weighted by Crippen LogP contribution is -2.10. The third-order valence-corrected chi connectivity index (χ3v) is 4.33. The molecule has 3 aromatic rings. The van der Waals surface area contributed by atoms with Crippen molar-refractivity contribution in [2.75, 3.05) is 10.6 Å². The second-order valence-corrected chi connectivity index (χ2v) is 6.32. The van der Waals surface area contributed by atoms with Crippen molar-refractivity contribution < 1.29 is 14.0 Å². The van der Waals surface area contributed by atoms with Crippen LogP contribution in [0.3, 0.4) is 0 Å². The number of thiazole rings is 1. The highest BCUT2D eigenvalue weighted by Gasteiger charge is 2.12. The van der Waals surface area contributed by atoms with Gasteiger partial charge >= 0.3 is 0 Å². The molecule has 1 aromatic carbocycles. The first-order chi connectivity index (χ1) is 11.7. The van der Waals surface area contributed by atoms with Gasteiger partial charge in [-0.25, -0.2) is 4.98 Å². The van der Waals surface area contributed by atoms with Gasteiger partial charge in [0.15, 0.2) is 10.9 Å². The highest BCUT2D eigenvalue weighted by molar-refractivity contribution is 7.22. The highest BCUT2D eigenvalue weighted by Crippen LogP contribution is 2.28. The molecule has 6 nitrogen and oxygen atoms in total. The van der Waals surface area contributed by atoms with Crippen LogP contribution < -0.4 is 10.6 Å². The molecule has 0 bridgehead atoms. The van der Waals surface area contributed by atoms with Gasteiger partial charge < -0.3 is 9.73 Å². The lowest BCUT2D eigenvalue weighted by molar-refractivity contribution is -0.116. The number of furan rings is 1. The third-order valence-electron chi connectivity index (χ3n) is 3.40. The number of carbonyl (C=O) groups is 2. The Morgan fingerprint density at radius 3 is 2.88 bits per heavy atom. The molecule has 0 aliphatic heterocycles. The predicted molar refractivity (Wildman–Crippen MR) is 94.4 cm³/mol. The largest absolute Gasteiger partial charge is 0.459 e. The normalized spacial score (nSPS) is 10.7. The maximum absolute atomic E-state index is 12.0. The van der Waals surface area contributed by atoms with E-state index in [1.807, 2.05) is 18.2 Å². The number of rotatable bonds is 6. The summed E-state index contributed by atoms with van der Waals surface area (Å²) in [5.41, 5.74) is 1.50. The van der Waals surface area contributed by atoms with Gasteiger partial charge in [0.1, 0.15) is 0 Å². The van der Waals surface area contributed by atoms with E-state index in [0.717, 1.165) is 28.7 Å². The van der Waals surface area contributed by atoms with Crippen LogP contribution in [0, 0.1) is 0 Å². The van der Waals surface area contributed by atoms with E-state index in [1.54, 1.807) is 12.1 Å². The maximum Gasteiger partial charge on any atom is 0.293 e. The van der Waals surface area contributed by atoms with E-state index in [4.69, 9.17) is 4.42 Å². The molecule has 0 atom stereocenters. The Kier molecular flexibility index (Phi) is 4.90. The summed E-state index contributed by atoms with van der Waals surface area (Å²) >= 11 is 1.35. The molecule has 0 fully saturated rings. The van der Waals surface area contributed by atoms with Gasteiger partial charge in [-0.3, -0.25) is 14.9 Å². The van der Waals surface area contributed by atoms with E-state index < -0.39 is 0 Å². The van der Waals surface area contributed by atoms with Crippen LogP contribution >= 0.6 is 11.3 Å². The van der Waals surface area contributed by atoms with E-state index in [0.29, 0.717) is 11.6 Å². The number of aromatic nitrogens is 1. The van der Waals surface area contributed by atoms with Crippen LogP contribution in [0.15, 0.2) is 41.0 Å². The number of unbranched alkanes of at least 4 members (excludes halogenated alkanes) is 1. The quantitative estimate of drug-likeness (QED) is 0.700. The van der Waals surface area contributed by atoms with Crippen molar-refractivity contribution in [3.05, 3.63) is 42.4 Å². The summed E-state index contributed by atoms with van der Waals surface area (Å²) in [6.07, 6.45) is 3.82. The van der Waals surface area contributed by atoms with E-state index in [1.165, 1.54) is 17.6 Å². The van der Waals surface area contributed by atoms with Crippen LogP contribution in [0.1, 0.15) is 36.7 Å². The minimum atomic E-state index is -0.341. The van der Waals surface area contributed by atoms with Crippen molar-refractivity contribution in [3.63, 3.8) is 0 Å². The van der Waals surface area contributed by atoms with Crippen LogP contribution in [-0.4, -0.2) is 16.8 Å². The molecule has 3 rings (SSSR count). The number of amides is 2. The molecule has 0 spiro atoms. The molecule has 24 heavy (non-hydrogen) atoms. The van der Waals surface area contributed by atoms with E-state index >= 15 is 0 Å². The average molecular weight is 343 g/mol. The van der Waals surface area contributed by atoms with Gasteiger partial charge in [0, 0.05) is 12.1 Å². The third kappa shape index (κ3) is 3.80. The first kappa shape index (κ1) is 16.2. The van der Waals surface area contributed by atoms with Crippen molar-refractivity contribution in [1.82, 2.24) is 4.98 Å². The number of benzene rings is 1. The number of nitrogens with zero attached hydrogens (tertiary/aromatic N) is 1. The van der Waals surface area contributed by atoms with E-state index in [-0.39, 0.29) is 17.6 Å². The number of anilines is 2. The zero-order valence-corrected chi connectivity index (χ0v) is 14.0. The minimum absolute atomic E-state index is 0.00654. The fourth-order valence-corrected chi connectivity index (χ4v) is 3.08. The smallest absolute Gasteiger partial charge is 0.293 e. The molecule has 0 radical (unpaired) electrons. The molecule has 0 unspecified atom stereocenters. The molecule has 0 saturated heterocycles. The lowest BCUT2D eigenvalue weighted by Gasteiger charge is -2.04. The molecular weight excluding hydrogens is 326 g/mol. The zero-order valence-electron chi connectivity index (χ0n) is 13.2. The Morgan fingerprint density at radius 1 is 1.25 bits per heavy atom. The van der Waals surface area contributed by atoms with Gasteiger partial charge in [-0.05, 0) is 36.8 Å².